The first-order valence-electron chi connectivity index (χ1n) is 6.37. The molecule has 0 saturated heterocycles. The minimum absolute atomic E-state index is 0.185. The van der Waals surface area contributed by atoms with Crippen LogP contribution in [0, 0.1) is 5.92 Å². The first-order valence-corrected chi connectivity index (χ1v) is 6.37. The van der Waals surface area contributed by atoms with Crippen LogP contribution < -0.4 is 0 Å². The third kappa shape index (κ3) is 1.99. The fourth-order valence-electron chi connectivity index (χ4n) is 2.67. The van der Waals surface area contributed by atoms with Crippen molar-refractivity contribution in [3.8, 4) is 0 Å². The van der Waals surface area contributed by atoms with Gasteiger partial charge in [-0.1, -0.05) is 37.5 Å². The fourth-order valence-corrected chi connectivity index (χ4v) is 2.67. The summed E-state index contributed by atoms with van der Waals surface area (Å²) in [6.07, 6.45) is 5.67. The molecule has 2 heteroatoms. The van der Waals surface area contributed by atoms with Crippen molar-refractivity contribution < 1.29 is 9.21 Å². The van der Waals surface area contributed by atoms with E-state index in [1.54, 1.807) is 0 Å². The predicted molar refractivity (Wildman–Crippen MR) is 67.1 cm³/mol. The zero-order chi connectivity index (χ0) is 11.7. The summed E-state index contributed by atoms with van der Waals surface area (Å²) in [6, 6.07) is 9.67. The highest BCUT2D eigenvalue weighted by atomic mass is 16.3. The largest absolute Gasteiger partial charge is 0.453 e. The smallest absolute Gasteiger partial charge is 0.201 e. The fraction of sp³-hybridized carbons (Fsp3) is 0.400. The Bertz CT molecular complexity index is 500. The Labute approximate surface area is 101 Å². The minimum Gasteiger partial charge on any atom is -0.453 e. The standard InChI is InChI=1S/C15H16O2/c16-15(11-6-2-1-3-7-11)14-10-12-8-4-5-9-13(12)17-14/h4-5,8-11H,1-3,6-7H2. The average Bonchev–Trinajstić information content (AvgIpc) is 2.82. The number of benzene rings is 1. The summed E-state index contributed by atoms with van der Waals surface area (Å²) >= 11 is 0. The van der Waals surface area contributed by atoms with Crippen molar-refractivity contribution in [3.63, 3.8) is 0 Å². The Balaban J connectivity index is 1.89. The normalized spacial score (nSPS) is 17.4. The summed E-state index contributed by atoms with van der Waals surface area (Å²) < 4.78 is 5.63. The number of Topliss-reactive ketones (excluding diaryl/α,β-unsaturated/α-hetero) is 1. The Morgan fingerprint density at radius 3 is 2.65 bits per heavy atom. The van der Waals surface area contributed by atoms with Crippen LogP contribution in [-0.4, -0.2) is 5.78 Å². The molecule has 1 aliphatic carbocycles. The maximum atomic E-state index is 12.3. The topological polar surface area (TPSA) is 30.2 Å². The number of furan rings is 1. The van der Waals surface area contributed by atoms with Crippen LogP contribution in [0.25, 0.3) is 11.0 Å². The summed E-state index contributed by atoms with van der Waals surface area (Å²) in [6.45, 7) is 0. The first kappa shape index (κ1) is 10.6. The van der Waals surface area contributed by atoms with Gasteiger partial charge in [-0.2, -0.15) is 0 Å². The lowest BCUT2D eigenvalue weighted by Crippen LogP contribution is -2.17. The second-order valence-corrected chi connectivity index (χ2v) is 4.85. The molecule has 0 aliphatic heterocycles. The number of fused-ring (bicyclic) bond motifs is 1. The van der Waals surface area contributed by atoms with Crippen molar-refractivity contribution in [1.82, 2.24) is 0 Å². The van der Waals surface area contributed by atoms with Gasteiger partial charge in [-0.05, 0) is 25.0 Å². The zero-order valence-electron chi connectivity index (χ0n) is 9.82. The molecule has 0 bridgehead atoms. The van der Waals surface area contributed by atoms with Crippen LogP contribution in [0.1, 0.15) is 42.7 Å². The van der Waals surface area contributed by atoms with E-state index in [2.05, 4.69) is 0 Å². The van der Waals surface area contributed by atoms with E-state index in [1.165, 1.54) is 19.3 Å². The van der Waals surface area contributed by atoms with E-state index < -0.39 is 0 Å². The third-order valence-electron chi connectivity index (χ3n) is 3.64. The maximum absolute atomic E-state index is 12.3. The number of rotatable bonds is 2. The first-order chi connectivity index (χ1) is 8.34. The van der Waals surface area contributed by atoms with E-state index in [9.17, 15) is 4.79 Å². The van der Waals surface area contributed by atoms with Crippen LogP contribution in [0.5, 0.6) is 0 Å². The van der Waals surface area contributed by atoms with Crippen LogP contribution in [0.4, 0.5) is 0 Å². The molecule has 0 N–H and O–H groups in total. The lowest BCUT2D eigenvalue weighted by Gasteiger charge is -2.18. The Morgan fingerprint density at radius 2 is 1.88 bits per heavy atom. The summed E-state index contributed by atoms with van der Waals surface area (Å²) in [5.41, 5.74) is 0.812. The molecule has 17 heavy (non-hydrogen) atoms. The number of carbonyl (C=O) groups excluding carboxylic acids is 1. The number of hydrogen-bond acceptors (Lipinski definition) is 2. The van der Waals surface area contributed by atoms with Gasteiger partial charge < -0.3 is 4.42 Å². The second kappa shape index (κ2) is 4.36. The molecule has 1 aromatic heterocycles. The molecule has 1 aliphatic rings. The molecule has 1 heterocycles. The Kier molecular flexibility index (Phi) is 2.71. The molecule has 0 spiro atoms. The molecule has 88 valence electrons. The van der Waals surface area contributed by atoms with Gasteiger partial charge in [0.15, 0.2) is 5.76 Å². The molecule has 1 fully saturated rings. The van der Waals surface area contributed by atoms with Gasteiger partial charge in [0.2, 0.25) is 5.78 Å². The number of hydrogen-bond donors (Lipinski definition) is 0. The third-order valence-corrected chi connectivity index (χ3v) is 3.64. The van der Waals surface area contributed by atoms with Gasteiger partial charge in [0, 0.05) is 11.3 Å². The van der Waals surface area contributed by atoms with Gasteiger partial charge in [0.05, 0.1) is 0 Å². The molecular weight excluding hydrogens is 212 g/mol. The van der Waals surface area contributed by atoms with Crippen molar-refractivity contribution in [2.75, 3.05) is 0 Å². The van der Waals surface area contributed by atoms with Crippen molar-refractivity contribution in [2.24, 2.45) is 5.92 Å². The highest BCUT2D eigenvalue weighted by molar-refractivity contribution is 5.99. The van der Waals surface area contributed by atoms with Crippen LogP contribution in [0.3, 0.4) is 0 Å². The molecular formula is C15H16O2. The van der Waals surface area contributed by atoms with Crippen LogP contribution in [-0.2, 0) is 0 Å². The molecule has 0 amide bonds. The van der Waals surface area contributed by atoms with Gasteiger partial charge in [0.1, 0.15) is 5.58 Å². The quantitative estimate of drug-likeness (QED) is 0.721. The summed E-state index contributed by atoms with van der Waals surface area (Å²) in [7, 11) is 0. The van der Waals surface area contributed by atoms with Gasteiger partial charge in [-0.25, -0.2) is 0 Å². The molecule has 3 rings (SSSR count). The molecule has 0 radical (unpaired) electrons. The highest BCUT2D eigenvalue weighted by Gasteiger charge is 2.24. The number of ketones is 1. The lowest BCUT2D eigenvalue weighted by atomic mass is 9.85. The molecule has 0 atom stereocenters. The molecule has 1 aromatic carbocycles. The summed E-state index contributed by atoms with van der Waals surface area (Å²) in [5, 5.41) is 1.02. The van der Waals surface area contributed by atoms with Crippen LogP contribution >= 0.6 is 0 Å². The van der Waals surface area contributed by atoms with Crippen molar-refractivity contribution in [3.05, 3.63) is 36.1 Å². The van der Waals surface area contributed by atoms with E-state index in [0.29, 0.717) is 5.76 Å². The maximum Gasteiger partial charge on any atom is 0.201 e. The Morgan fingerprint density at radius 1 is 1.12 bits per heavy atom. The minimum atomic E-state index is 0.185. The molecule has 2 aromatic rings. The zero-order valence-corrected chi connectivity index (χ0v) is 9.82. The Hall–Kier alpha value is -1.57. The average molecular weight is 228 g/mol. The van der Waals surface area contributed by atoms with Gasteiger partial charge in [-0.15, -0.1) is 0 Å². The van der Waals surface area contributed by atoms with Crippen molar-refractivity contribution in [2.45, 2.75) is 32.1 Å². The van der Waals surface area contributed by atoms with E-state index in [-0.39, 0.29) is 11.7 Å². The SMILES string of the molecule is O=C(c1cc2ccccc2o1)C1CCCCC1. The number of carbonyl (C=O) groups is 1. The lowest BCUT2D eigenvalue weighted by molar-refractivity contribution is 0.0863. The summed E-state index contributed by atoms with van der Waals surface area (Å²) in [5.74, 6) is 0.920. The van der Waals surface area contributed by atoms with Crippen LogP contribution in [0.2, 0.25) is 0 Å². The van der Waals surface area contributed by atoms with Crippen molar-refractivity contribution in [1.29, 1.82) is 0 Å². The highest BCUT2D eigenvalue weighted by Crippen LogP contribution is 2.29. The van der Waals surface area contributed by atoms with Gasteiger partial charge >= 0.3 is 0 Å². The van der Waals surface area contributed by atoms with Crippen LogP contribution in [0.15, 0.2) is 34.7 Å². The van der Waals surface area contributed by atoms with E-state index >= 15 is 0 Å². The molecule has 1 saturated carbocycles. The monoisotopic (exact) mass is 228 g/mol. The van der Waals surface area contributed by atoms with E-state index in [0.717, 1.165) is 23.8 Å². The van der Waals surface area contributed by atoms with Gasteiger partial charge in [-0.3, -0.25) is 4.79 Å². The van der Waals surface area contributed by atoms with Crippen molar-refractivity contribution >= 4 is 16.8 Å². The molecule has 2 nitrogen and oxygen atoms in total. The summed E-state index contributed by atoms with van der Waals surface area (Å²) in [4.78, 5) is 12.3. The number of para-hydroxylation sites is 1. The second-order valence-electron chi connectivity index (χ2n) is 4.85. The van der Waals surface area contributed by atoms with E-state index in [1.807, 2.05) is 30.3 Å². The van der Waals surface area contributed by atoms with Gasteiger partial charge in [0.25, 0.3) is 0 Å². The van der Waals surface area contributed by atoms with E-state index in [4.69, 9.17) is 4.42 Å². The molecule has 0 unspecified atom stereocenters. The predicted octanol–water partition coefficient (Wildman–Crippen LogP) is 4.20.